The van der Waals surface area contributed by atoms with Crippen molar-refractivity contribution >= 4 is 22.5 Å². The molecule has 1 amide bonds. The third-order valence-electron chi connectivity index (χ3n) is 4.06. The van der Waals surface area contributed by atoms with E-state index in [9.17, 15) is 9.59 Å². The van der Waals surface area contributed by atoms with Gasteiger partial charge in [0, 0.05) is 30.6 Å². The molecule has 29 heavy (non-hydrogen) atoms. The molecule has 0 aliphatic heterocycles. The summed E-state index contributed by atoms with van der Waals surface area (Å²) in [6.45, 7) is 0.123. The van der Waals surface area contributed by atoms with Gasteiger partial charge in [0.25, 0.3) is 5.56 Å². The van der Waals surface area contributed by atoms with Gasteiger partial charge in [0.2, 0.25) is 11.8 Å². The average Bonchev–Trinajstić information content (AvgIpc) is 2.74. The molecule has 0 aliphatic rings. The van der Waals surface area contributed by atoms with Crippen molar-refractivity contribution in [1.29, 1.82) is 0 Å². The van der Waals surface area contributed by atoms with E-state index >= 15 is 0 Å². The summed E-state index contributed by atoms with van der Waals surface area (Å²) in [5, 5.41) is 11.1. The van der Waals surface area contributed by atoms with E-state index in [0.29, 0.717) is 28.2 Å². The number of rotatable bonds is 6. The van der Waals surface area contributed by atoms with Gasteiger partial charge in [-0.1, -0.05) is 23.4 Å². The van der Waals surface area contributed by atoms with E-state index < -0.39 is 0 Å². The molecule has 0 aliphatic carbocycles. The van der Waals surface area contributed by atoms with Gasteiger partial charge in [0.1, 0.15) is 11.3 Å². The summed E-state index contributed by atoms with van der Waals surface area (Å²) in [6, 6.07) is 13.9. The number of nitrogens with one attached hydrogen (secondary N) is 1. The number of hydrogen-bond acceptors (Lipinski definition) is 7. The fourth-order valence-corrected chi connectivity index (χ4v) is 2.70. The molecule has 144 valence electrons. The molecule has 0 radical (unpaired) electrons. The number of amides is 1. The fourth-order valence-electron chi connectivity index (χ4n) is 2.70. The van der Waals surface area contributed by atoms with Crippen LogP contribution in [-0.2, 0) is 11.3 Å². The predicted molar refractivity (Wildman–Crippen MR) is 106 cm³/mol. The molecule has 0 atom stereocenters. The van der Waals surface area contributed by atoms with Crippen LogP contribution in [0.25, 0.3) is 10.9 Å². The first kappa shape index (κ1) is 18.2. The number of carbonyl (C=O) groups is 1. The second kappa shape index (κ2) is 8.26. The van der Waals surface area contributed by atoms with Gasteiger partial charge in [-0.15, -0.1) is 5.10 Å². The number of benzene rings is 2. The topological polar surface area (TPSA) is 112 Å². The van der Waals surface area contributed by atoms with Crippen molar-refractivity contribution in [2.75, 3.05) is 5.32 Å². The number of aromatic nitrogens is 5. The zero-order valence-corrected chi connectivity index (χ0v) is 15.2. The minimum absolute atomic E-state index is 0.0716. The van der Waals surface area contributed by atoms with Gasteiger partial charge in [-0.05, 0) is 24.3 Å². The van der Waals surface area contributed by atoms with E-state index in [-0.39, 0.29) is 24.4 Å². The third-order valence-corrected chi connectivity index (χ3v) is 4.06. The third kappa shape index (κ3) is 4.41. The Morgan fingerprint density at radius 3 is 2.86 bits per heavy atom. The van der Waals surface area contributed by atoms with Crippen LogP contribution in [0.2, 0.25) is 0 Å². The summed E-state index contributed by atoms with van der Waals surface area (Å²) in [7, 11) is 0. The molecule has 0 fully saturated rings. The highest BCUT2D eigenvalue weighted by molar-refractivity contribution is 5.90. The maximum absolute atomic E-state index is 12.4. The lowest BCUT2D eigenvalue weighted by Crippen LogP contribution is -2.26. The maximum Gasteiger partial charge on any atom is 0.277 e. The van der Waals surface area contributed by atoms with E-state index in [1.54, 1.807) is 54.7 Å². The van der Waals surface area contributed by atoms with Gasteiger partial charge in [-0.3, -0.25) is 14.6 Å². The van der Waals surface area contributed by atoms with Crippen molar-refractivity contribution in [3.63, 3.8) is 0 Å². The maximum atomic E-state index is 12.4. The van der Waals surface area contributed by atoms with Gasteiger partial charge >= 0.3 is 0 Å². The molecular weight excluding hydrogens is 372 g/mol. The van der Waals surface area contributed by atoms with Crippen molar-refractivity contribution in [3.05, 3.63) is 77.5 Å². The number of anilines is 1. The van der Waals surface area contributed by atoms with Gasteiger partial charge in [-0.25, -0.2) is 9.67 Å². The van der Waals surface area contributed by atoms with Gasteiger partial charge in [-0.2, -0.15) is 0 Å². The van der Waals surface area contributed by atoms with Crippen molar-refractivity contribution in [1.82, 2.24) is 25.0 Å². The van der Waals surface area contributed by atoms with Crippen LogP contribution in [0.4, 0.5) is 5.69 Å². The van der Waals surface area contributed by atoms with Crippen molar-refractivity contribution in [2.45, 2.75) is 13.0 Å². The summed E-state index contributed by atoms with van der Waals surface area (Å²) in [5.41, 5.74) is 0.814. The summed E-state index contributed by atoms with van der Waals surface area (Å²) < 4.78 is 6.79. The molecule has 0 spiro atoms. The summed E-state index contributed by atoms with van der Waals surface area (Å²) in [6.07, 6.45) is 4.64. The van der Waals surface area contributed by atoms with Crippen LogP contribution in [0.5, 0.6) is 11.6 Å². The van der Waals surface area contributed by atoms with E-state index in [1.807, 2.05) is 0 Å². The number of ether oxygens (including phenoxy) is 1. The molecule has 1 N–H and O–H groups in total. The highest BCUT2D eigenvalue weighted by atomic mass is 16.5. The van der Waals surface area contributed by atoms with Crippen LogP contribution in [0.15, 0.2) is 71.9 Å². The molecule has 9 heteroatoms. The highest BCUT2D eigenvalue weighted by Crippen LogP contribution is 2.22. The number of hydrogen-bond donors (Lipinski definition) is 1. The van der Waals surface area contributed by atoms with E-state index in [0.717, 1.165) is 0 Å². The second-order valence-electron chi connectivity index (χ2n) is 6.11. The van der Waals surface area contributed by atoms with E-state index in [2.05, 4.69) is 25.6 Å². The average molecular weight is 388 g/mol. The molecule has 4 aromatic rings. The molecule has 2 heterocycles. The predicted octanol–water partition coefficient (Wildman–Crippen LogP) is 2.40. The number of nitrogens with zero attached hydrogens (tertiary/aromatic N) is 5. The van der Waals surface area contributed by atoms with Crippen LogP contribution in [0, 0.1) is 0 Å². The monoisotopic (exact) mass is 388 g/mol. The lowest BCUT2D eigenvalue weighted by molar-refractivity contribution is -0.116. The molecule has 4 rings (SSSR count). The van der Waals surface area contributed by atoms with Gasteiger partial charge in [0.05, 0.1) is 18.1 Å². The first-order valence-electron chi connectivity index (χ1n) is 8.85. The molecule has 0 unspecified atom stereocenters. The Balaban J connectivity index is 1.39. The first-order valence-corrected chi connectivity index (χ1v) is 8.85. The van der Waals surface area contributed by atoms with E-state index in [1.165, 1.54) is 17.1 Å². The summed E-state index contributed by atoms with van der Waals surface area (Å²) in [4.78, 5) is 32.7. The van der Waals surface area contributed by atoms with Crippen LogP contribution in [0.1, 0.15) is 6.42 Å². The Bertz CT molecular complexity index is 1210. The molecule has 2 aromatic carbocycles. The molecule has 0 bridgehead atoms. The van der Waals surface area contributed by atoms with E-state index in [4.69, 9.17) is 4.74 Å². The molecule has 0 saturated heterocycles. The zero-order chi connectivity index (χ0) is 20.1. The quantitative estimate of drug-likeness (QED) is 0.540. The van der Waals surface area contributed by atoms with Gasteiger partial charge < -0.3 is 10.1 Å². The molecule has 2 aromatic heterocycles. The number of fused-ring (bicyclic) bond motifs is 1. The van der Waals surface area contributed by atoms with Crippen LogP contribution in [0.3, 0.4) is 0 Å². The minimum Gasteiger partial charge on any atom is -0.437 e. The zero-order valence-electron chi connectivity index (χ0n) is 15.2. The second-order valence-corrected chi connectivity index (χ2v) is 6.11. The number of carbonyl (C=O) groups excluding carboxylic acids is 1. The Kier molecular flexibility index (Phi) is 5.19. The highest BCUT2D eigenvalue weighted by Gasteiger charge is 2.09. The lowest BCUT2D eigenvalue weighted by Gasteiger charge is -2.09. The Labute approximate surface area is 165 Å². The lowest BCUT2D eigenvalue weighted by atomic mass is 10.2. The van der Waals surface area contributed by atoms with Crippen molar-refractivity contribution in [2.24, 2.45) is 0 Å². The number of aryl methyl sites for hydroxylation is 1. The molecular formula is C20H16N6O3. The Hall–Kier alpha value is -4.14. The minimum atomic E-state index is -0.275. The van der Waals surface area contributed by atoms with Crippen molar-refractivity contribution < 1.29 is 9.53 Å². The Morgan fingerprint density at radius 2 is 2.00 bits per heavy atom. The summed E-state index contributed by atoms with van der Waals surface area (Å²) >= 11 is 0. The first-order chi connectivity index (χ1) is 14.2. The van der Waals surface area contributed by atoms with Crippen LogP contribution in [-0.4, -0.2) is 30.9 Å². The summed E-state index contributed by atoms with van der Waals surface area (Å²) in [5.74, 6) is 0.605. The molecule has 0 saturated carbocycles. The Morgan fingerprint density at radius 1 is 1.10 bits per heavy atom. The van der Waals surface area contributed by atoms with Crippen molar-refractivity contribution in [3.8, 4) is 11.6 Å². The normalized spacial score (nSPS) is 10.6. The standard InChI is InChI=1S/C20H16N6O3/c27-18(8-11-26-20(28)16-6-1-2-7-17(16)24-25-26)23-14-4-3-5-15(12-14)29-19-13-21-9-10-22-19/h1-7,9-10,12-13H,8,11H2,(H,23,27). The van der Waals surface area contributed by atoms with Gasteiger partial charge in [0.15, 0.2) is 0 Å². The smallest absolute Gasteiger partial charge is 0.277 e. The largest absolute Gasteiger partial charge is 0.437 e. The van der Waals surface area contributed by atoms with Crippen LogP contribution < -0.4 is 15.6 Å². The molecule has 9 nitrogen and oxygen atoms in total. The van der Waals surface area contributed by atoms with Crippen LogP contribution >= 0.6 is 0 Å². The fraction of sp³-hybridized carbons (Fsp3) is 0.100. The SMILES string of the molecule is O=C(CCn1nnc2ccccc2c1=O)Nc1cccc(Oc2cnccn2)c1.